The van der Waals surface area contributed by atoms with Gasteiger partial charge in [0.2, 0.25) is 0 Å². The summed E-state index contributed by atoms with van der Waals surface area (Å²) in [5.74, 6) is 0. The van der Waals surface area contributed by atoms with Crippen molar-refractivity contribution >= 4 is 33.1 Å². The Morgan fingerprint density at radius 3 is 1.59 bits per heavy atom. The van der Waals surface area contributed by atoms with E-state index >= 15 is 0 Å². The van der Waals surface area contributed by atoms with E-state index in [1.54, 1.807) is 0 Å². The zero-order chi connectivity index (χ0) is 27.5. The molecule has 6 heteroatoms. The number of hydrogen-bond acceptors (Lipinski definition) is 3. The van der Waals surface area contributed by atoms with E-state index in [4.69, 9.17) is 2.74 Å². The van der Waals surface area contributed by atoms with Crippen LogP contribution >= 0.6 is 0 Å². The first kappa shape index (κ1) is 19.6. The van der Waals surface area contributed by atoms with E-state index in [1.807, 2.05) is 100 Å². The van der Waals surface area contributed by atoms with Crippen LogP contribution in [0.3, 0.4) is 0 Å². The quantitative estimate of drug-likeness (QED) is 0.251. The summed E-state index contributed by atoms with van der Waals surface area (Å²) < 4.78 is 23.3. The fourth-order valence-corrected chi connectivity index (χ4v) is 5.29. The molecule has 0 saturated carbocycles. The third-order valence-electron chi connectivity index (χ3n) is 7.13. The number of fused-ring (bicyclic) bond motifs is 3. The minimum absolute atomic E-state index is 0.143. The molecule has 0 saturated heterocycles. The molecule has 0 radical (unpaired) electrons. The molecule has 0 amide bonds. The third-order valence-corrected chi connectivity index (χ3v) is 7.13. The molecule has 6 nitrogen and oxygen atoms in total. The summed E-state index contributed by atoms with van der Waals surface area (Å²) >= 11 is 0. The predicted octanol–water partition coefficient (Wildman–Crippen LogP) is 7.37. The fourth-order valence-electron chi connectivity index (χ4n) is 5.29. The molecule has 8 rings (SSSR count). The van der Waals surface area contributed by atoms with Gasteiger partial charge in [-0.2, -0.15) is 0 Å². The van der Waals surface area contributed by atoms with Crippen LogP contribution in [0.15, 0.2) is 134 Å². The summed E-state index contributed by atoms with van der Waals surface area (Å²) in [6.07, 6.45) is 2.14. The number of benzene rings is 5. The summed E-state index contributed by atoms with van der Waals surface area (Å²) in [6, 6.07) is 38.0. The van der Waals surface area contributed by atoms with E-state index in [9.17, 15) is 0 Å². The Morgan fingerprint density at radius 1 is 0.487 bits per heavy atom. The molecule has 0 atom stereocenters. The standard InChI is InChI=1S/C33H22N6/c1-5-13-30(39-22-36-29-12-4-8-16-33(29)39)26(9-1)23-17-24(37-20-34-27-10-2-6-14-31(27)37)19-25(18-23)38-21-35-28-11-3-7-15-32(28)38/h1-22H/i20D,21D. The molecule has 8 aromatic rings. The van der Waals surface area contributed by atoms with Gasteiger partial charge in [0.25, 0.3) is 0 Å². The average molecular weight is 505 g/mol. The summed E-state index contributed by atoms with van der Waals surface area (Å²) in [4.78, 5) is 13.6. The third kappa shape index (κ3) is 3.46. The van der Waals surface area contributed by atoms with Crippen molar-refractivity contribution in [2.24, 2.45) is 0 Å². The molecule has 0 spiro atoms. The Balaban J connectivity index is 1.43. The van der Waals surface area contributed by atoms with E-state index in [0.29, 0.717) is 0 Å². The van der Waals surface area contributed by atoms with Crippen LogP contribution in [-0.4, -0.2) is 28.7 Å². The van der Waals surface area contributed by atoms with Crippen molar-refractivity contribution in [1.29, 1.82) is 0 Å². The molecule has 0 fully saturated rings. The van der Waals surface area contributed by atoms with Crippen LogP contribution in [0.4, 0.5) is 0 Å². The monoisotopic (exact) mass is 504 g/mol. The van der Waals surface area contributed by atoms with Gasteiger partial charge in [0, 0.05) is 16.9 Å². The highest BCUT2D eigenvalue weighted by atomic mass is 15.1. The van der Waals surface area contributed by atoms with Crippen molar-refractivity contribution < 1.29 is 2.74 Å². The molecule has 0 aliphatic carbocycles. The maximum Gasteiger partial charge on any atom is 0.105 e. The minimum Gasteiger partial charge on any atom is -0.299 e. The van der Waals surface area contributed by atoms with Gasteiger partial charge in [0.1, 0.15) is 21.7 Å². The van der Waals surface area contributed by atoms with Crippen molar-refractivity contribution in [1.82, 2.24) is 28.7 Å². The van der Waals surface area contributed by atoms with Gasteiger partial charge in [-0.3, -0.25) is 13.7 Å². The Bertz CT molecular complexity index is 2160. The fraction of sp³-hybridized carbons (Fsp3) is 0. The first-order valence-corrected chi connectivity index (χ1v) is 12.7. The Hall–Kier alpha value is -5.49. The molecule has 3 aromatic heterocycles. The first-order chi connectivity index (χ1) is 20.2. The highest BCUT2D eigenvalue weighted by molar-refractivity contribution is 5.85. The number of imidazole rings is 3. The first-order valence-electron chi connectivity index (χ1n) is 13.7. The Kier molecular flexibility index (Phi) is 4.29. The lowest BCUT2D eigenvalue weighted by Gasteiger charge is -2.16. The van der Waals surface area contributed by atoms with Crippen LogP contribution in [0.1, 0.15) is 2.74 Å². The summed E-state index contributed by atoms with van der Waals surface area (Å²) in [5.41, 5.74) is 9.58. The molecule has 3 heterocycles. The molecule has 184 valence electrons. The van der Waals surface area contributed by atoms with Crippen LogP contribution in [0, 0.1) is 0 Å². The number of rotatable bonds is 4. The van der Waals surface area contributed by atoms with Crippen molar-refractivity contribution in [3.8, 4) is 28.2 Å². The van der Waals surface area contributed by atoms with Gasteiger partial charge in [0.15, 0.2) is 0 Å². The molecule has 0 aliphatic rings. The van der Waals surface area contributed by atoms with E-state index in [0.717, 1.165) is 61.3 Å². The number of aromatic nitrogens is 6. The van der Waals surface area contributed by atoms with Gasteiger partial charge in [-0.05, 0) is 66.2 Å². The molecule has 39 heavy (non-hydrogen) atoms. The van der Waals surface area contributed by atoms with Crippen molar-refractivity contribution in [2.75, 3.05) is 0 Å². The van der Waals surface area contributed by atoms with Crippen LogP contribution < -0.4 is 0 Å². The van der Waals surface area contributed by atoms with E-state index < -0.39 is 0 Å². The molecule has 5 aromatic carbocycles. The van der Waals surface area contributed by atoms with Crippen LogP contribution in [0.2, 0.25) is 0 Å². The number of hydrogen-bond donors (Lipinski definition) is 0. The summed E-state index contributed by atoms with van der Waals surface area (Å²) in [7, 11) is 0. The SMILES string of the molecule is [2H]c1nc2ccccc2n1-c1cc(-c2ccccc2-n2cnc3ccccc32)cc(-n2c([2H])nc3ccccc32)c1. The molecule has 0 aliphatic heterocycles. The second kappa shape index (κ2) is 8.53. The van der Waals surface area contributed by atoms with Crippen LogP contribution in [0.5, 0.6) is 0 Å². The lowest BCUT2D eigenvalue weighted by molar-refractivity contribution is 1.05. The van der Waals surface area contributed by atoms with Crippen molar-refractivity contribution in [2.45, 2.75) is 0 Å². The zero-order valence-electron chi connectivity index (χ0n) is 22.7. The average Bonchev–Trinajstić information content (AvgIpc) is 3.68. The van der Waals surface area contributed by atoms with Gasteiger partial charge in [0.05, 0.1) is 38.8 Å². The second-order valence-electron chi connectivity index (χ2n) is 9.43. The zero-order valence-corrected chi connectivity index (χ0v) is 20.7. The van der Waals surface area contributed by atoms with Gasteiger partial charge in [-0.25, -0.2) is 15.0 Å². The predicted molar refractivity (Wildman–Crippen MR) is 156 cm³/mol. The topological polar surface area (TPSA) is 53.5 Å². The highest BCUT2D eigenvalue weighted by Gasteiger charge is 2.15. The molecular formula is C33H22N6. The Morgan fingerprint density at radius 2 is 0.974 bits per heavy atom. The van der Waals surface area contributed by atoms with E-state index in [2.05, 4.69) is 49.9 Å². The largest absolute Gasteiger partial charge is 0.299 e. The molecular weight excluding hydrogens is 480 g/mol. The molecule has 0 N–H and O–H groups in total. The maximum atomic E-state index is 8.76. The smallest absolute Gasteiger partial charge is 0.105 e. The Labute approximate surface area is 226 Å². The molecule has 0 bridgehead atoms. The van der Waals surface area contributed by atoms with Gasteiger partial charge < -0.3 is 0 Å². The maximum absolute atomic E-state index is 8.76. The van der Waals surface area contributed by atoms with Gasteiger partial charge in [-0.1, -0.05) is 54.6 Å². The summed E-state index contributed by atoms with van der Waals surface area (Å²) in [5, 5.41) is 0. The van der Waals surface area contributed by atoms with Crippen molar-refractivity contribution in [3.05, 3.63) is 134 Å². The lowest BCUT2D eigenvalue weighted by Crippen LogP contribution is -2.00. The molecule has 0 unspecified atom stereocenters. The minimum atomic E-state index is 0.143. The normalized spacial score (nSPS) is 12.3. The van der Waals surface area contributed by atoms with Gasteiger partial charge >= 0.3 is 0 Å². The second-order valence-corrected chi connectivity index (χ2v) is 9.43. The van der Waals surface area contributed by atoms with Crippen LogP contribution in [-0.2, 0) is 0 Å². The van der Waals surface area contributed by atoms with E-state index in [1.165, 1.54) is 0 Å². The van der Waals surface area contributed by atoms with Crippen molar-refractivity contribution in [3.63, 3.8) is 0 Å². The highest BCUT2D eigenvalue weighted by Crippen LogP contribution is 2.34. The number of para-hydroxylation sites is 7. The van der Waals surface area contributed by atoms with Crippen LogP contribution in [0.25, 0.3) is 61.3 Å². The van der Waals surface area contributed by atoms with Gasteiger partial charge in [-0.15, -0.1) is 0 Å². The van der Waals surface area contributed by atoms with E-state index in [-0.39, 0.29) is 12.6 Å². The summed E-state index contributed by atoms with van der Waals surface area (Å²) in [6.45, 7) is 0. The number of nitrogens with zero attached hydrogens (tertiary/aromatic N) is 6. The lowest BCUT2D eigenvalue weighted by atomic mass is 10.0.